The molecule has 2 aliphatic rings. The number of aromatic nitrogens is 1. The minimum Gasteiger partial charge on any atom is -0.487 e. The van der Waals surface area contributed by atoms with E-state index in [1.54, 1.807) is 11.3 Å². The zero-order chi connectivity index (χ0) is 16.4. The second-order valence-corrected chi connectivity index (χ2v) is 7.26. The number of carbonyl (C=O) groups excluding carboxylic acids is 1. The highest BCUT2D eigenvalue weighted by atomic mass is 32.1. The Hall–Kier alpha value is -1.92. The number of para-hydroxylation sites is 1. The molecule has 126 valence electrons. The molecular weight excluding hydrogens is 322 g/mol. The number of hydrogen-bond acceptors (Lipinski definition) is 5. The van der Waals surface area contributed by atoms with Crippen LogP contribution in [-0.2, 0) is 11.2 Å². The fourth-order valence-corrected chi connectivity index (χ4v) is 4.06. The molecule has 1 aromatic carbocycles. The van der Waals surface area contributed by atoms with E-state index < -0.39 is 0 Å². The van der Waals surface area contributed by atoms with Crippen LogP contribution < -0.4 is 10.1 Å². The van der Waals surface area contributed by atoms with Crippen molar-refractivity contribution in [3.63, 3.8) is 0 Å². The van der Waals surface area contributed by atoms with E-state index in [1.165, 1.54) is 18.4 Å². The van der Waals surface area contributed by atoms with Crippen LogP contribution in [0.4, 0.5) is 0 Å². The van der Waals surface area contributed by atoms with Gasteiger partial charge < -0.3 is 10.1 Å². The van der Waals surface area contributed by atoms with Gasteiger partial charge >= 0.3 is 0 Å². The van der Waals surface area contributed by atoms with Gasteiger partial charge in [0.1, 0.15) is 16.9 Å². The number of likely N-dealkylation sites (tertiary alicyclic amines) is 1. The lowest BCUT2D eigenvalue weighted by Gasteiger charge is -2.16. The average Bonchev–Trinajstić information content (AvgIpc) is 3.33. The van der Waals surface area contributed by atoms with Crippen molar-refractivity contribution in [3.8, 4) is 16.3 Å². The fraction of sp³-hybridized carbons (Fsp3) is 0.444. The van der Waals surface area contributed by atoms with Crippen LogP contribution >= 0.6 is 11.3 Å². The van der Waals surface area contributed by atoms with E-state index in [0.717, 1.165) is 35.8 Å². The maximum Gasteiger partial charge on any atom is 0.234 e. The molecule has 1 fully saturated rings. The van der Waals surface area contributed by atoms with Gasteiger partial charge in [0.2, 0.25) is 5.91 Å². The summed E-state index contributed by atoms with van der Waals surface area (Å²) in [6.07, 6.45) is 5.05. The third kappa shape index (κ3) is 3.30. The summed E-state index contributed by atoms with van der Waals surface area (Å²) in [4.78, 5) is 18.7. The third-order valence-corrected chi connectivity index (χ3v) is 5.39. The Morgan fingerprint density at radius 3 is 3.04 bits per heavy atom. The smallest absolute Gasteiger partial charge is 0.234 e. The first-order chi connectivity index (χ1) is 11.8. The molecule has 0 aliphatic carbocycles. The standard InChI is InChI=1S/C18H21N3O2S/c22-16(12-21-7-1-2-8-21)20-11-14-10-13-4-3-5-15(17(13)23-14)18-19-6-9-24-18/h3-6,9,14H,1-2,7-8,10-12H2,(H,20,22). The van der Waals surface area contributed by atoms with E-state index in [-0.39, 0.29) is 12.0 Å². The van der Waals surface area contributed by atoms with Gasteiger partial charge in [0.15, 0.2) is 0 Å². The van der Waals surface area contributed by atoms with Crippen molar-refractivity contribution in [2.45, 2.75) is 25.4 Å². The van der Waals surface area contributed by atoms with Crippen molar-refractivity contribution in [2.24, 2.45) is 0 Å². The van der Waals surface area contributed by atoms with Crippen LogP contribution in [0.1, 0.15) is 18.4 Å². The maximum atomic E-state index is 12.1. The number of hydrogen-bond donors (Lipinski definition) is 1. The van der Waals surface area contributed by atoms with Crippen LogP contribution in [0.2, 0.25) is 0 Å². The van der Waals surface area contributed by atoms with Crippen LogP contribution in [-0.4, -0.2) is 48.1 Å². The Kier molecular flexibility index (Phi) is 4.49. The Labute approximate surface area is 145 Å². The number of rotatable bonds is 5. The summed E-state index contributed by atoms with van der Waals surface area (Å²) < 4.78 is 6.12. The van der Waals surface area contributed by atoms with Crippen LogP contribution in [0.25, 0.3) is 10.6 Å². The van der Waals surface area contributed by atoms with Crippen LogP contribution in [0.15, 0.2) is 29.8 Å². The molecule has 5 nitrogen and oxygen atoms in total. The molecule has 24 heavy (non-hydrogen) atoms. The Bertz CT molecular complexity index is 711. The summed E-state index contributed by atoms with van der Waals surface area (Å²) in [5, 5.41) is 5.97. The lowest BCUT2D eigenvalue weighted by Crippen LogP contribution is -2.40. The molecule has 0 radical (unpaired) electrons. The van der Waals surface area contributed by atoms with Crippen LogP contribution in [0.3, 0.4) is 0 Å². The molecule has 1 unspecified atom stereocenters. The second-order valence-electron chi connectivity index (χ2n) is 6.36. The van der Waals surface area contributed by atoms with E-state index in [1.807, 2.05) is 23.7 Å². The average molecular weight is 343 g/mol. The van der Waals surface area contributed by atoms with Crippen molar-refractivity contribution in [3.05, 3.63) is 35.3 Å². The molecule has 1 atom stereocenters. The summed E-state index contributed by atoms with van der Waals surface area (Å²) in [5.41, 5.74) is 2.25. The van der Waals surface area contributed by atoms with Gasteiger partial charge in [0.25, 0.3) is 0 Å². The molecule has 1 N–H and O–H groups in total. The summed E-state index contributed by atoms with van der Waals surface area (Å²) in [7, 11) is 0. The molecular formula is C18H21N3O2S. The molecule has 1 amide bonds. The van der Waals surface area contributed by atoms with Gasteiger partial charge in [-0.2, -0.15) is 0 Å². The van der Waals surface area contributed by atoms with E-state index in [2.05, 4.69) is 21.3 Å². The fourth-order valence-electron chi connectivity index (χ4n) is 3.40. The van der Waals surface area contributed by atoms with E-state index in [4.69, 9.17) is 4.74 Å². The number of carbonyl (C=O) groups is 1. The van der Waals surface area contributed by atoms with Crippen molar-refractivity contribution in [1.29, 1.82) is 0 Å². The minimum absolute atomic E-state index is 0.00337. The van der Waals surface area contributed by atoms with Gasteiger partial charge in [-0.1, -0.05) is 12.1 Å². The van der Waals surface area contributed by atoms with Gasteiger partial charge in [0.05, 0.1) is 18.7 Å². The Balaban J connectivity index is 1.36. The highest BCUT2D eigenvalue weighted by Gasteiger charge is 2.27. The highest BCUT2D eigenvalue weighted by molar-refractivity contribution is 7.13. The molecule has 3 heterocycles. The number of benzene rings is 1. The molecule has 1 aromatic heterocycles. The van der Waals surface area contributed by atoms with Gasteiger partial charge in [0, 0.05) is 18.0 Å². The normalized spacial score (nSPS) is 19.9. The van der Waals surface area contributed by atoms with Gasteiger partial charge in [-0.15, -0.1) is 11.3 Å². The number of nitrogens with zero attached hydrogens (tertiary/aromatic N) is 2. The summed E-state index contributed by atoms with van der Waals surface area (Å²) in [6, 6.07) is 6.19. The number of nitrogens with one attached hydrogen (secondary N) is 1. The molecule has 0 spiro atoms. The topological polar surface area (TPSA) is 54.5 Å². The molecule has 2 aromatic rings. The Morgan fingerprint density at radius 2 is 2.25 bits per heavy atom. The minimum atomic E-state index is 0.00337. The van der Waals surface area contributed by atoms with E-state index in [0.29, 0.717) is 13.1 Å². The van der Waals surface area contributed by atoms with Gasteiger partial charge in [-0.3, -0.25) is 9.69 Å². The molecule has 0 saturated carbocycles. The highest BCUT2D eigenvalue weighted by Crippen LogP contribution is 2.39. The maximum absolute atomic E-state index is 12.1. The van der Waals surface area contributed by atoms with Gasteiger partial charge in [-0.05, 0) is 37.6 Å². The molecule has 2 aliphatic heterocycles. The number of ether oxygens (including phenoxy) is 1. The zero-order valence-corrected chi connectivity index (χ0v) is 14.3. The van der Waals surface area contributed by atoms with Crippen molar-refractivity contribution < 1.29 is 9.53 Å². The molecule has 4 rings (SSSR count). The third-order valence-electron chi connectivity index (χ3n) is 4.58. The predicted octanol–water partition coefficient (Wildman–Crippen LogP) is 2.33. The predicted molar refractivity (Wildman–Crippen MR) is 94.4 cm³/mol. The monoisotopic (exact) mass is 343 g/mol. The molecule has 6 heteroatoms. The quantitative estimate of drug-likeness (QED) is 0.905. The largest absolute Gasteiger partial charge is 0.487 e. The number of fused-ring (bicyclic) bond motifs is 1. The first-order valence-corrected chi connectivity index (χ1v) is 9.35. The van der Waals surface area contributed by atoms with Crippen LogP contribution in [0.5, 0.6) is 5.75 Å². The van der Waals surface area contributed by atoms with Crippen molar-refractivity contribution in [1.82, 2.24) is 15.2 Å². The van der Waals surface area contributed by atoms with Crippen LogP contribution in [0, 0.1) is 0 Å². The summed E-state index contributed by atoms with van der Waals surface area (Å²) >= 11 is 1.61. The summed E-state index contributed by atoms with van der Waals surface area (Å²) in [6.45, 7) is 3.13. The SMILES string of the molecule is O=C(CN1CCCC1)NCC1Cc2cccc(-c3nccs3)c2O1. The lowest BCUT2D eigenvalue weighted by molar-refractivity contribution is -0.122. The Morgan fingerprint density at radius 1 is 1.38 bits per heavy atom. The number of amides is 1. The molecule has 1 saturated heterocycles. The molecule has 0 bridgehead atoms. The van der Waals surface area contributed by atoms with Gasteiger partial charge in [-0.25, -0.2) is 4.98 Å². The second kappa shape index (κ2) is 6.91. The van der Waals surface area contributed by atoms with E-state index in [9.17, 15) is 4.79 Å². The van der Waals surface area contributed by atoms with Crippen molar-refractivity contribution >= 4 is 17.2 Å². The van der Waals surface area contributed by atoms with E-state index >= 15 is 0 Å². The van der Waals surface area contributed by atoms with Crippen molar-refractivity contribution in [2.75, 3.05) is 26.2 Å². The number of thiazole rings is 1. The zero-order valence-electron chi connectivity index (χ0n) is 13.5. The first kappa shape index (κ1) is 15.6. The first-order valence-electron chi connectivity index (χ1n) is 8.47. The summed E-state index contributed by atoms with van der Waals surface area (Å²) in [5.74, 6) is 1.02. The lowest BCUT2D eigenvalue weighted by atomic mass is 10.1.